The zero-order valence-corrected chi connectivity index (χ0v) is 20.5. The van der Waals surface area contributed by atoms with Gasteiger partial charge in [0.15, 0.2) is 6.29 Å². The van der Waals surface area contributed by atoms with E-state index < -0.39 is 0 Å². The van der Waals surface area contributed by atoms with Gasteiger partial charge in [0, 0.05) is 28.8 Å². The van der Waals surface area contributed by atoms with Crippen molar-refractivity contribution in [3.05, 3.63) is 65.4 Å². The van der Waals surface area contributed by atoms with Gasteiger partial charge >= 0.3 is 0 Å². The van der Waals surface area contributed by atoms with Crippen molar-refractivity contribution in [2.75, 3.05) is 31.7 Å². The number of benzene rings is 2. The standard InChI is InChI=1S/C24H27N3O.C3H2O.C2H6/c1-26-13-12-21-20-4-2-3-5-22(20)25-23(21)24(26)16-6-8-17(9-7-16)27-18-10-11-19(27)15-28-14-18;1-2-3-4;1-2/h2-9,18-19,24-25H,10-15H2,1H3;1,3H;1-2H3. The Kier molecular flexibility index (Phi) is 7.72. The van der Waals surface area contributed by atoms with Crippen molar-refractivity contribution >= 4 is 22.9 Å². The fraction of sp³-hybridized carbons (Fsp3) is 0.414. The minimum atomic E-state index is 0.298. The largest absolute Gasteiger partial charge is 0.377 e. The quantitative estimate of drug-likeness (QED) is 0.437. The highest BCUT2D eigenvalue weighted by Gasteiger charge is 2.37. The van der Waals surface area contributed by atoms with Gasteiger partial charge in [0.25, 0.3) is 0 Å². The van der Waals surface area contributed by atoms with Gasteiger partial charge in [0.2, 0.25) is 0 Å². The highest BCUT2D eigenvalue weighted by Crippen LogP contribution is 2.39. The van der Waals surface area contributed by atoms with Crippen LogP contribution in [-0.2, 0) is 16.0 Å². The molecule has 3 unspecified atom stereocenters. The number of likely N-dealkylation sites (N-methyl/N-ethyl adjacent to an activating group) is 1. The van der Waals surface area contributed by atoms with Crippen LogP contribution >= 0.6 is 0 Å². The second kappa shape index (κ2) is 10.9. The van der Waals surface area contributed by atoms with Gasteiger partial charge in [-0.2, -0.15) is 0 Å². The summed E-state index contributed by atoms with van der Waals surface area (Å²) in [5.74, 6) is 1.75. The maximum absolute atomic E-state index is 8.94. The van der Waals surface area contributed by atoms with E-state index in [9.17, 15) is 0 Å². The molecule has 1 N–H and O–H groups in total. The van der Waals surface area contributed by atoms with E-state index in [-0.39, 0.29) is 0 Å². The van der Waals surface area contributed by atoms with Crippen LogP contribution in [0.2, 0.25) is 0 Å². The van der Waals surface area contributed by atoms with Crippen LogP contribution in [0.3, 0.4) is 0 Å². The fourth-order valence-corrected chi connectivity index (χ4v) is 5.66. The third-order valence-corrected chi connectivity index (χ3v) is 7.09. The number of H-pyrrole nitrogens is 1. The molecule has 2 aromatic carbocycles. The van der Waals surface area contributed by atoms with Crippen LogP contribution in [0.15, 0.2) is 48.5 Å². The predicted octanol–water partition coefficient (Wildman–Crippen LogP) is 4.96. The Morgan fingerprint density at radius 2 is 1.71 bits per heavy atom. The molecule has 6 rings (SSSR count). The van der Waals surface area contributed by atoms with E-state index in [0.717, 1.165) is 26.2 Å². The highest BCUT2D eigenvalue weighted by molar-refractivity contribution is 5.85. The molecule has 2 bridgehead atoms. The number of aldehydes is 1. The van der Waals surface area contributed by atoms with E-state index in [2.05, 4.69) is 76.8 Å². The van der Waals surface area contributed by atoms with E-state index in [1.165, 1.54) is 46.3 Å². The smallest absolute Gasteiger partial charge is 0.192 e. The van der Waals surface area contributed by atoms with E-state index >= 15 is 0 Å². The molecule has 34 heavy (non-hydrogen) atoms. The van der Waals surface area contributed by atoms with Gasteiger partial charge in [-0.1, -0.05) is 44.2 Å². The van der Waals surface area contributed by atoms with Crippen LogP contribution in [0.4, 0.5) is 5.69 Å². The van der Waals surface area contributed by atoms with Gasteiger partial charge in [0.05, 0.1) is 31.3 Å². The van der Waals surface area contributed by atoms with Crippen LogP contribution < -0.4 is 4.90 Å². The second-order valence-corrected chi connectivity index (χ2v) is 8.90. The lowest BCUT2D eigenvalue weighted by Gasteiger charge is -2.37. The number of morpholine rings is 1. The first kappa shape index (κ1) is 24.1. The van der Waals surface area contributed by atoms with E-state index in [1.54, 1.807) is 5.92 Å². The summed E-state index contributed by atoms with van der Waals surface area (Å²) < 4.78 is 5.76. The lowest BCUT2D eigenvalue weighted by Crippen LogP contribution is -2.45. The number of carbonyl (C=O) groups is 1. The monoisotopic (exact) mass is 457 g/mol. The Hall–Kier alpha value is -3.07. The number of ether oxygens (including phenoxy) is 1. The van der Waals surface area contributed by atoms with Crippen molar-refractivity contribution < 1.29 is 9.53 Å². The SMILES string of the molecule is C#CC=O.CC.CN1CCc2c([nH]c3ccccc23)C1c1ccc(N2C3CCC2COC3)cc1. The summed E-state index contributed by atoms with van der Waals surface area (Å²) in [7, 11) is 2.25. The lowest BCUT2D eigenvalue weighted by molar-refractivity contribution is -0.103. The first-order chi connectivity index (χ1) is 16.7. The first-order valence-electron chi connectivity index (χ1n) is 12.4. The summed E-state index contributed by atoms with van der Waals surface area (Å²) in [6.45, 7) is 6.85. The Labute approximate surface area is 203 Å². The molecule has 5 nitrogen and oxygen atoms in total. The van der Waals surface area contributed by atoms with E-state index in [1.807, 2.05) is 13.8 Å². The lowest BCUT2D eigenvalue weighted by atomic mass is 9.92. The number of para-hydroxylation sites is 1. The highest BCUT2D eigenvalue weighted by atomic mass is 16.5. The molecule has 0 spiro atoms. The number of hydrogen-bond donors (Lipinski definition) is 1. The molecule has 0 saturated carbocycles. The molecule has 3 aliphatic heterocycles. The van der Waals surface area contributed by atoms with Gasteiger partial charge in [-0.3, -0.25) is 9.69 Å². The number of terminal acetylenes is 1. The molecule has 1 aromatic heterocycles. The average Bonchev–Trinajstić information content (AvgIpc) is 3.38. The molecule has 0 aliphatic carbocycles. The summed E-state index contributed by atoms with van der Waals surface area (Å²) >= 11 is 0. The fourth-order valence-electron chi connectivity index (χ4n) is 5.66. The topological polar surface area (TPSA) is 48.6 Å². The molecule has 0 amide bonds. The summed E-state index contributed by atoms with van der Waals surface area (Å²) in [5.41, 5.74) is 6.85. The van der Waals surface area contributed by atoms with Crippen molar-refractivity contribution in [3.63, 3.8) is 0 Å². The number of nitrogens with zero attached hydrogens (tertiary/aromatic N) is 2. The molecule has 2 fully saturated rings. The van der Waals surface area contributed by atoms with Crippen LogP contribution in [0.25, 0.3) is 10.9 Å². The molecular weight excluding hydrogens is 422 g/mol. The van der Waals surface area contributed by atoms with Crippen molar-refractivity contribution in [2.24, 2.45) is 0 Å². The number of carbonyl (C=O) groups excluding carboxylic acids is 1. The van der Waals surface area contributed by atoms with Gasteiger partial charge < -0.3 is 14.6 Å². The number of hydrogen-bond acceptors (Lipinski definition) is 4. The Bertz CT molecular complexity index is 1130. The van der Waals surface area contributed by atoms with Gasteiger partial charge in [-0.05, 0) is 61.6 Å². The van der Waals surface area contributed by atoms with Crippen molar-refractivity contribution in [1.29, 1.82) is 0 Å². The van der Waals surface area contributed by atoms with Gasteiger partial charge in [-0.25, -0.2) is 0 Å². The van der Waals surface area contributed by atoms with Crippen molar-refractivity contribution in [1.82, 2.24) is 9.88 Å². The summed E-state index contributed by atoms with van der Waals surface area (Å²) in [6.07, 6.45) is 8.45. The summed E-state index contributed by atoms with van der Waals surface area (Å²) in [5, 5.41) is 1.39. The van der Waals surface area contributed by atoms with Gasteiger partial charge in [0.1, 0.15) is 0 Å². The molecule has 0 radical (unpaired) electrons. The third-order valence-electron chi connectivity index (χ3n) is 7.09. The predicted molar refractivity (Wildman–Crippen MR) is 139 cm³/mol. The Balaban J connectivity index is 0.000000417. The van der Waals surface area contributed by atoms with E-state index in [0.29, 0.717) is 24.4 Å². The molecule has 3 aliphatic rings. The molecule has 178 valence electrons. The van der Waals surface area contributed by atoms with Crippen LogP contribution in [0.5, 0.6) is 0 Å². The molecule has 3 aromatic rings. The van der Waals surface area contributed by atoms with Gasteiger partial charge in [-0.15, -0.1) is 6.42 Å². The molecule has 5 heteroatoms. The van der Waals surface area contributed by atoms with Crippen molar-refractivity contribution in [3.8, 4) is 12.3 Å². The Morgan fingerprint density at radius 1 is 1.06 bits per heavy atom. The minimum absolute atomic E-state index is 0.298. The molecular formula is C29H35N3O2. The maximum atomic E-state index is 8.94. The van der Waals surface area contributed by atoms with Crippen LogP contribution in [0, 0.1) is 12.3 Å². The molecule has 4 heterocycles. The first-order valence-corrected chi connectivity index (χ1v) is 12.4. The summed E-state index contributed by atoms with van der Waals surface area (Å²) in [4.78, 5) is 17.7. The molecule has 3 atom stereocenters. The third kappa shape index (κ3) is 4.49. The number of aromatic amines is 1. The number of fused-ring (bicyclic) bond motifs is 5. The van der Waals surface area contributed by atoms with E-state index in [4.69, 9.17) is 9.53 Å². The zero-order valence-electron chi connectivity index (χ0n) is 20.5. The second-order valence-electron chi connectivity index (χ2n) is 8.90. The number of rotatable bonds is 2. The Morgan fingerprint density at radius 3 is 2.35 bits per heavy atom. The normalized spacial score (nSPS) is 23.1. The zero-order chi connectivity index (χ0) is 24.1. The number of aromatic nitrogens is 1. The number of anilines is 1. The summed E-state index contributed by atoms with van der Waals surface area (Å²) in [6, 6.07) is 19.5. The van der Waals surface area contributed by atoms with Crippen molar-refractivity contribution in [2.45, 2.75) is 51.2 Å². The maximum Gasteiger partial charge on any atom is 0.192 e. The average molecular weight is 458 g/mol. The number of nitrogens with one attached hydrogen (secondary N) is 1. The molecule has 2 saturated heterocycles. The minimum Gasteiger partial charge on any atom is -0.377 e. The van der Waals surface area contributed by atoms with Crippen LogP contribution in [-0.4, -0.2) is 55.1 Å². The van der Waals surface area contributed by atoms with Crippen LogP contribution in [0.1, 0.15) is 49.6 Å².